The Morgan fingerprint density at radius 3 is 3.00 bits per heavy atom. The number of halogens is 1. The summed E-state index contributed by atoms with van der Waals surface area (Å²) < 4.78 is 5.19. The smallest absolute Gasteiger partial charge is 0.290 e. The molecule has 2 aromatic rings. The third-order valence-electron chi connectivity index (χ3n) is 3.02. The Hall–Kier alpha value is -1.39. The quantitative estimate of drug-likeness (QED) is 0.844. The van der Waals surface area contributed by atoms with Gasteiger partial charge in [0.1, 0.15) is 5.37 Å². The van der Waals surface area contributed by atoms with E-state index < -0.39 is 0 Å². The minimum absolute atomic E-state index is 0.0105. The first-order chi connectivity index (χ1) is 9.25. The van der Waals surface area contributed by atoms with E-state index in [0.29, 0.717) is 10.8 Å². The zero-order chi connectivity index (χ0) is 13.2. The Bertz CT molecular complexity index is 585. The normalized spacial score (nSPS) is 18.8. The van der Waals surface area contributed by atoms with Crippen LogP contribution in [0.4, 0.5) is 0 Å². The Balaban J connectivity index is 1.88. The second-order valence-electron chi connectivity index (χ2n) is 4.25. The van der Waals surface area contributed by atoms with Gasteiger partial charge in [-0.2, -0.15) is 0 Å². The van der Waals surface area contributed by atoms with E-state index in [2.05, 4.69) is 0 Å². The van der Waals surface area contributed by atoms with Crippen LogP contribution < -0.4 is 0 Å². The fraction of sp³-hybridized carbons (Fsp3) is 0.214. The minimum Gasteiger partial charge on any atom is -0.459 e. The topological polar surface area (TPSA) is 33.5 Å². The van der Waals surface area contributed by atoms with E-state index in [1.54, 1.807) is 23.9 Å². The lowest BCUT2D eigenvalue weighted by Crippen LogP contribution is -2.30. The highest BCUT2D eigenvalue weighted by molar-refractivity contribution is 7.99. The zero-order valence-electron chi connectivity index (χ0n) is 10.1. The van der Waals surface area contributed by atoms with E-state index in [-0.39, 0.29) is 11.3 Å². The lowest BCUT2D eigenvalue weighted by molar-refractivity contribution is 0.0728. The average Bonchev–Trinajstić information content (AvgIpc) is 3.09. The van der Waals surface area contributed by atoms with Crippen molar-refractivity contribution in [2.24, 2.45) is 0 Å². The summed E-state index contributed by atoms with van der Waals surface area (Å²) in [6.07, 6.45) is 1.52. The molecule has 0 saturated carbocycles. The predicted molar refractivity (Wildman–Crippen MR) is 76.4 cm³/mol. The molecule has 1 aliphatic rings. The highest BCUT2D eigenvalue weighted by Gasteiger charge is 2.32. The van der Waals surface area contributed by atoms with Crippen molar-refractivity contribution >= 4 is 29.3 Å². The first kappa shape index (κ1) is 12.6. The van der Waals surface area contributed by atoms with Crippen molar-refractivity contribution in [3.63, 3.8) is 0 Å². The van der Waals surface area contributed by atoms with Crippen molar-refractivity contribution in [3.8, 4) is 0 Å². The molecule has 5 heteroatoms. The highest BCUT2D eigenvalue weighted by atomic mass is 35.5. The second kappa shape index (κ2) is 5.31. The predicted octanol–water partition coefficient (Wildman–Crippen LogP) is 3.82. The van der Waals surface area contributed by atoms with E-state index in [4.69, 9.17) is 16.0 Å². The Morgan fingerprint density at radius 2 is 2.26 bits per heavy atom. The van der Waals surface area contributed by atoms with Crippen LogP contribution in [0, 0.1) is 0 Å². The van der Waals surface area contributed by atoms with E-state index >= 15 is 0 Å². The van der Waals surface area contributed by atoms with Crippen molar-refractivity contribution in [1.82, 2.24) is 4.90 Å². The van der Waals surface area contributed by atoms with Gasteiger partial charge in [-0.3, -0.25) is 4.79 Å². The van der Waals surface area contributed by atoms with Crippen LogP contribution >= 0.6 is 23.4 Å². The maximum Gasteiger partial charge on any atom is 0.290 e. The summed E-state index contributed by atoms with van der Waals surface area (Å²) in [5.41, 5.74) is 1.05. The fourth-order valence-electron chi connectivity index (χ4n) is 2.16. The van der Waals surface area contributed by atoms with E-state index in [0.717, 1.165) is 17.9 Å². The molecule has 1 fully saturated rings. The fourth-order valence-corrected chi connectivity index (χ4v) is 3.60. The standard InChI is InChI=1S/C14H12ClNO2S/c15-11-4-1-3-10(9-11)14-16(6-8-19-14)13(17)12-5-2-7-18-12/h1-5,7,9,14H,6,8H2/t14-/m1/s1. The summed E-state index contributed by atoms with van der Waals surface area (Å²) in [6, 6.07) is 11.1. The molecule has 2 heterocycles. The molecule has 1 aromatic carbocycles. The van der Waals surface area contributed by atoms with Crippen LogP contribution in [0.25, 0.3) is 0 Å². The number of amides is 1. The molecule has 19 heavy (non-hydrogen) atoms. The Kier molecular flexibility index (Phi) is 3.53. The van der Waals surface area contributed by atoms with Crippen molar-refractivity contribution in [3.05, 3.63) is 59.0 Å². The maximum atomic E-state index is 12.4. The van der Waals surface area contributed by atoms with Gasteiger partial charge in [0.05, 0.1) is 6.26 Å². The van der Waals surface area contributed by atoms with Crippen LogP contribution in [0.5, 0.6) is 0 Å². The Labute approximate surface area is 120 Å². The molecular formula is C14H12ClNO2S. The number of thioether (sulfide) groups is 1. The molecule has 3 nitrogen and oxygen atoms in total. The molecule has 0 bridgehead atoms. The van der Waals surface area contributed by atoms with Gasteiger partial charge in [0, 0.05) is 17.3 Å². The number of carbonyl (C=O) groups is 1. The number of furan rings is 1. The van der Waals surface area contributed by atoms with Crippen molar-refractivity contribution < 1.29 is 9.21 Å². The molecule has 3 rings (SSSR count). The Morgan fingerprint density at radius 1 is 1.37 bits per heavy atom. The molecule has 1 aromatic heterocycles. The summed E-state index contributed by atoms with van der Waals surface area (Å²) in [5, 5.41) is 0.701. The van der Waals surface area contributed by atoms with Crippen LogP contribution in [0.1, 0.15) is 21.5 Å². The van der Waals surface area contributed by atoms with Crippen LogP contribution in [-0.4, -0.2) is 23.1 Å². The molecule has 1 aliphatic heterocycles. The van der Waals surface area contributed by atoms with Gasteiger partial charge in [-0.25, -0.2) is 0 Å². The van der Waals surface area contributed by atoms with Gasteiger partial charge in [0.25, 0.3) is 5.91 Å². The number of hydrogen-bond donors (Lipinski definition) is 0. The third kappa shape index (κ3) is 2.51. The second-order valence-corrected chi connectivity index (χ2v) is 5.88. The first-order valence-corrected chi connectivity index (χ1v) is 7.40. The summed E-state index contributed by atoms with van der Waals surface area (Å²) in [7, 11) is 0. The number of benzene rings is 1. The lowest BCUT2D eigenvalue weighted by Gasteiger charge is -2.23. The molecule has 0 unspecified atom stereocenters. The largest absolute Gasteiger partial charge is 0.459 e. The monoisotopic (exact) mass is 293 g/mol. The van der Waals surface area contributed by atoms with E-state index in [1.165, 1.54) is 6.26 Å². The summed E-state index contributed by atoms with van der Waals surface area (Å²) >= 11 is 7.76. The molecule has 98 valence electrons. The molecular weight excluding hydrogens is 282 g/mol. The molecule has 1 atom stereocenters. The third-order valence-corrected chi connectivity index (χ3v) is 4.51. The number of nitrogens with zero attached hydrogens (tertiary/aromatic N) is 1. The van der Waals surface area contributed by atoms with Crippen LogP contribution in [0.3, 0.4) is 0 Å². The van der Waals surface area contributed by atoms with Crippen molar-refractivity contribution in [2.75, 3.05) is 12.3 Å². The van der Waals surface area contributed by atoms with Gasteiger partial charge < -0.3 is 9.32 Å². The molecule has 1 amide bonds. The molecule has 0 radical (unpaired) electrons. The van der Waals surface area contributed by atoms with Crippen molar-refractivity contribution in [1.29, 1.82) is 0 Å². The number of hydrogen-bond acceptors (Lipinski definition) is 3. The van der Waals surface area contributed by atoms with Crippen molar-refractivity contribution in [2.45, 2.75) is 5.37 Å². The first-order valence-electron chi connectivity index (χ1n) is 5.97. The average molecular weight is 294 g/mol. The van der Waals surface area contributed by atoms with Gasteiger partial charge in [-0.1, -0.05) is 23.7 Å². The number of rotatable bonds is 2. The zero-order valence-corrected chi connectivity index (χ0v) is 11.7. The molecule has 0 aliphatic carbocycles. The van der Waals surface area contributed by atoms with Gasteiger partial charge in [-0.15, -0.1) is 11.8 Å². The summed E-state index contributed by atoms with van der Waals surface area (Å²) in [6.45, 7) is 0.724. The van der Waals surface area contributed by atoms with E-state index in [9.17, 15) is 4.79 Å². The lowest BCUT2D eigenvalue weighted by atomic mass is 10.2. The van der Waals surface area contributed by atoms with Gasteiger partial charge >= 0.3 is 0 Å². The summed E-state index contributed by atoms with van der Waals surface area (Å²) in [5.74, 6) is 1.23. The minimum atomic E-state index is -0.0695. The molecule has 1 saturated heterocycles. The van der Waals surface area contributed by atoms with Gasteiger partial charge in [0.2, 0.25) is 0 Å². The molecule has 0 N–H and O–H groups in total. The van der Waals surface area contributed by atoms with Crippen LogP contribution in [0.15, 0.2) is 47.1 Å². The summed E-state index contributed by atoms with van der Waals surface area (Å²) in [4.78, 5) is 14.2. The molecule has 0 spiro atoms. The van der Waals surface area contributed by atoms with E-state index in [1.807, 2.05) is 29.2 Å². The number of carbonyl (C=O) groups excluding carboxylic acids is 1. The van der Waals surface area contributed by atoms with Crippen LogP contribution in [0.2, 0.25) is 5.02 Å². The van der Waals surface area contributed by atoms with Gasteiger partial charge in [0.15, 0.2) is 5.76 Å². The van der Waals surface area contributed by atoms with Gasteiger partial charge in [-0.05, 0) is 29.8 Å². The van der Waals surface area contributed by atoms with Crippen LogP contribution in [-0.2, 0) is 0 Å². The maximum absolute atomic E-state index is 12.4. The SMILES string of the molecule is O=C(c1ccco1)N1CCS[C@@H]1c1cccc(Cl)c1. The highest BCUT2D eigenvalue weighted by Crippen LogP contribution is 2.39.